The fourth-order valence-electron chi connectivity index (χ4n) is 2.90. The number of carboxylic acid groups (broad SMARTS) is 1. The van der Waals surface area contributed by atoms with E-state index >= 15 is 0 Å². The smallest absolute Gasteiger partial charge is 0.305 e. The average molecular weight is 289 g/mol. The maximum atomic E-state index is 12.5. The van der Waals surface area contributed by atoms with Gasteiger partial charge in [-0.3, -0.25) is 9.59 Å². The van der Waals surface area contributed by atoms with Crippen LogP contribution in [-0.4, -0.2) is 23.5 Å². The lowest BCUT2D eigenvalue weighted by molar-refractivity contribution is -0.136. The summed E-state index contributed by atoms with van der Waals surface area (Å²) < 4.78 is 0. The van der Waals surface area contributed by atoms with Crippen LogP contribution in [0.4, 0.5) is 5.69 Å². The van der Waals surface area contributed by atoms with E-state index in [0.29, 0.717) is 12.3 Å². The number of hydrogen-bond donors (Lipinski definition) is 1. The summed E-state index contributed by atoms with van der Waals surface area (Å²) in [6, 6.07) is 7.69. The van der Waals surface area contributed by atoms with E-state index in [2.05, 4.69) is 0 Å². The topological polar surface area (TPSA) is 57.6 Å². The lowest BCUT2D eigenvalue weighted by atomic mass is 10.0. The molecule has 4 heteroatoms. The second kappa shape index (κ2) is 7.25. The van der Waals surface area contributed by atoms with E-state index in [1.165, 1.54) is 12.8 Å². The normalized spacial score (nSPS) is 15.1. The van der Waals surface area contributed by atoms with Gasteiger partial charge >= 0.3 is 5.97 Å². The first kappa shape index (κ1) is 15.5. The molecule has 1 aliphatic rings. The highest BCUT2D eigenvalue weighted by atomic mass is 16.4. The van der Waals surface area contributed by atoms with Crippen molar-refractivity contribution in [3.05, 3.63) is 29.8 Å². The zero-order chi connectivity index (χ0) is 15.2. The minimum absolute atomic E-state index is 0.0235. The van der Waals surface area contributed by atoms with Crippen LogP contribution in [0.5, 0.6) is 0 Å². The van der Waals surface area contributed by atoms with E-state index in [1.54, 1.807) is 4.90 Å². The molecule has 0 atom stereocenters. The number of aliphatic carboxylic acids is 1. The number of carbonyl (C=O) groups excluding carboxylic acids is 1. The Labute approximate surface area is 125 Å². The second-order valence-electron chi connectivity index (χ2n) is 5.88. The van der Waals surface area contributed by atoms with Gasteiger partial charge in [-0.1, -0.05) is 30.5 Å². The molecule has 0 aliphatic heterocycles. The quantitative estimate of drug-likeness (QED) is 0.873. The largest absolute Gasteiger partial charge is 0.481 e. The van der Waals surface area contributed by atoms with Crippen molar-refractivity contribution in [1.82, 2.24) is 0 Å². The van der Waals surface area contributed by atoms with Crippen LogP contribution >= 0.6 is 0 Å². The van der Waals surface area contributed by atoms with Crippen molar-refractivity contribution in [2.45, 2.75) is 45.4 Å². The monoisotopic (exact) mass is 289 g/mol. The minimum Gasteiger partial charge on any atom is -0.481 e. The van der Waals surface area contributed by atoms with Gasteiger partial charge in [0.15, 0.2) is 0 Å². The summed E-state index contributed by atoms with van der Waals surface area (Å²) >= 11 is 0. The first-order chi connectivity index (χ1) is 10.1. The van der Waals surface area contributed by atoms with Crippen LogP contribution in [0.15, 0.2) is 24.3 Å². The summed E-state index contributed by atoms with van der Waals surface area (Å²) in [6.45, 7) is 2.23. The number of amides is 1. The first-order valence-electron chi connectivity index (χ1n) is 7.65. The van der Waals surface area contributed by atoms with Gasteiger partial charge in [0.25, 0.3) is 0 Å². The molecular formula is C17H23NO3. The van der Waals surface area contributed by atoms with Gasteiger partial charge in [-0.15, -0.1) is 0 Å². The van der Waals surface area contributed by atoms with Gasteiger partial charge < -0.3 is 10.0 Å². The van der Waals surface area contributed by atoms with Crippen LogP contribution in [0.1, 0.15) is 44.1 Å². The molecule has 0 heterocycles. The molecule has 0 unspecified atom stereocenters. The molecule has 21 heavy (non-hydrogen) atoms. The number of anilines is 1. The van der Waals surface area contributed by atoms with Gasteiger partial charge in [0.05, 0.1) is 6.42 Å². The molecule has 2 rings (SSSR count). The number of nitrogens with zero attached hydrogens (tertiary/aromatic N) is 1. The number of rotatable bonds is 6. The number of aryl methyl sites for hydroxylation is 1. The summed E-state index contributed by atoms with van der Waals surface area (Å²) in [7, 11) is 0. The molecule has 0 radical (unpaired) electrons. The second-order valence-corrected chi connectivity index (χ2v) is 5.88. The van der Waals surface area contributed by atoms with Gasteiger partial charge in [0.2, 0.25) is 5.91 Å². The predicted octanol–water partition coefficient (Wildman–Crippen LogP) is 3.38. The van der Waals surface area contributed by atoms with Crippen LogP contribution in [0.3, 0.4) is 0 Å². The lowest BCUT2D eigenvalue weighted by Crippen LogP contribution is -2.34. The number of benzene rings is 1. The minimum atomic E-state index is -0.874. The zero-order valence-electron chi connectivity index (χ0n) is 12.5. The molecule has 4 nitrogen and oxygen atoms in total. The summed E-state index contributed by atoms with van der Waals surface area (Å²) in [5.41, 5.74) is 1.92. The Morgan fingerprint density at radius 1 is 1.19 bits per heavy atom. The van der Waals surface area contributed by atoms with Crippen molar-refractivity contribution in [3.8, 4) is 0 Å². The first-order valence-corrected chi connectivity index (χ1v) is 7.65. The fraction of sp³-hybridized carbons (Fsp3) is 0.529. The van der Waals surface area contributed by atoms with Gasteiger partial charge in [-0.2, -0.15) is 0 Å². The predicted molar refractivity (Wildman–Crippen MR) is 82.4 cm³/mol. The Bertz CT molecular complexity index is 489. The average Bonchev–Trinajstić information content (AvgIpc) is 2.93. The van der Waals surface area contributed by atoms with E-state index in [-0.39, 0.29) is 18.9 Å². The molecule has 0 aromatic heterocycles. The summed E-state index contributed by atoms with van der Waals surface area (Å²) in [6.07, 6.45) is 5.16. The summed E-state index contributed by atoms with van der Waals surface area (Å²) in [5, 5.41) is 8.88. The SMILES string of the molecule is Cc1ccc(N(CCC(=O)O)C(=O)CC2CCCC2)cc1. The van der Waals surface area contributed by atoms with Crippen molar-refractivity contribution >= 4 is 17.6 Å². The van der Waals surface area contributed by atoms with Crippen molar-refractivity contribution in [3.63, 3.8) is 0 Å². The molecule has 0 saturated heterocycles. The molecule has 0 bridgehead atoms. The maximum Gasteiger partial charge on any atom is 0.305 e. The standard InChI is InChI=1S/C17H23NO3/c1-13-6-8-15(9-7-13)18(11-10-17(20)21)16(19)12-14-4-2-3-5-14/h6-9,14H,2-5,10-12H2,1H3,(H,20,21). The number of hydrogen-bond acceptors (Lipinski definition) is 2. The van der Waals surface area contributed by atoms with Crippen LogP contribution in [-0.2, 0) is 9.59 Å². The molecule has 0 spiro atoms. The van der Waals surface area contributed by atoms with Gasteiger partial charge in [0.1, 0.15) is 0 Å². The van der Waals surface area contributed by atoms with Crippen molar-refractivity contribution in [1.29, 1.82) is 0 Å². The van der Waals surface area contributed by atoms with Crippen LogP contribution in [0.2, 0.25) is 0 Å². The van der Waals surface area contributed by atoms with E-state index in [9.17, 15) is 9.59 Å². The summed E-state index contributed by atoms with van der Waals surface area (Å²) in [5.74, 6) is -0.358. The van der Waals surface area contributed by atoms with E-state index in [4.69, 9.17) is 5.11 Å². The fourth-order valence-corrected chi connectivity index (χ4v) is 2.90. The van der Waals surface area contributed by atoms with Crippen molar-refractivity contribution in [2.75, 3.05) is 11.4 Å². The molecule has 1 aromatic rings. The molecule has 1 aliphatic carbocycles. The summed E-state index contributed by atoms with van der Waals surface area (Å²) in [4.78, 5) is 25.0. The molecule has 1 aromatic carbocycles. The molecule has 1 fully saturated rings. The highest BCUT2D eigenvalue weighted by Crippen LogP contribution is 2.29. The lowest BCUT2D eigenvalue weighted by Gasteiger charge is -2.24. The highest BCUT2D eigenvalue weighted by Gasteiger charge is 2.23. The molecule has 114 valence electrons. The Kier molecular flexibility index (Phi) is 5.37. The third-order valence-corrected chi connectivity index (χ3v) is 4.13. The maximum absolute atomic E-state index is 12.5. The molecule has 1 N–H and O–H groups in total. The van der Waals surface area contributed by atoms with Crippen LogP contribution < -0.4 is 4.90 Å². The Balaban J connectivity index is 2.08. The van der Waals surface area contributed by atoms with E-state index < -0.39 is 5.97 Å². The molecular weight excluding hydrogens is 266 g/mol. The van der Waals surface area contributed by atoms with Crippen LogP contribution in [0, 0.1) is 12.8 Å². The molecule has 1 amide bonds. The Morgan fingerprint density at radius 2 is 1.81 bits per heavy atom. The number of carbonyl (C=O) groups is 2. The zero-order valence-corrected chi connectivity index (χ0v) is 12.5. The highest BCUT2D eigenvalue weighted by molar-refractivity contribution is 5.94. The Morgan fingerprint density at radius 3 is 2.38 bits per heavy atom. The van der Waals surface area contributed by atoms with E-state index in [0.717, 1.165) is 24.1 Å². The molecule has 1 saturated carbocycles. The van der Waals surface area contributed by atoms with Crippen LogP contribution in [0.25, 0.3) is 0 Å². The van der Waals surface area contributed by atoms with Gasteiger partial charge in [0, 0.05) is 18.7 Å². The Hall–Kier alpha value is -1.84. The van der Waals surface area contributed by atoms with Gasteiger partial charge in [-0.25, -0.2) is 0 Å². The third kappa shape index (κ3) is 4.59. The van der Waals surface area contributed by atoms with Gasteiger partial charge in [-0.05, 0) is 37.8 Å². The van der Waals surface area contributed by atoms with Crippen molar-refractivity contribution < 1.29 is 14.7 Å². The third-order valence-electron chi connectivity index (χ3n) is 4.13. The number of carboxylic acids is 1. The van der Waals surface area contributed by atoms with Crippen molar-refractivity contribution in [2.24, 2.45) is 5.92 Å². The van der Waals surface area contributed by atoms with E-state index in [1.807, 2.05) is 31.2 Å².